The number of aryl methyl sites for hydroxylation is 1. The number of rotatable bonds is 5. The van der Waals surface area contributed by atoms with Crippen molar-refractivity contribution in [2.75, 3.05) is 6.54 Å². The molecule has 0 aliphatic carbocycles. The SMILES string of the molecule is Cc1ccc(B2OC(CCN)CC(CC(=O)OC(C)(C)C)O2)cc1. The number of nitrogens with two attached hydrogens (primary N) is 1. The smallest absolute Gasteiger partial charge is 0.460 e. The van der Waals surface area contributed by atoms with E-state index >= 15 is 0 Å². The summed E-state index contributed by atoms with van der Waals surface area (Å²) >= 11 is 0. The van der Waals surface area contributed by atoms with Gasteiger partial charge in [0, 0.05) is 6.10 Å². The Hall–Kier alpha value is -1.37. The van der Waals surface area contributed by atoms with Crippen molar-refractivity contribution in [2.24, 2.45) is 5.73 Å². The maximum Gasteiger partial charge on any atom is 0.494 e. The van der Waals surface area contributed by atoms with Crippen LogP contribution in [0.1, 0.15) is 45.6 Å². The zero-order valence-corrected chi connectivity index (χ0v) is 15.1. The van der Waals surface area contributed by atoms with Gasteiger partial charge < -0.3 is 19.8 Å². The van der Waals surface area contributed by atoms with Gasteiger partial charge in [-0.15, -0.1) is 0 Å². The summed E-state index contributed by atoms with van der Waals surface area (Å²) in [6.45, 7) is 8.17. The first-order chi connectivity index (χ1) is 11.3. The Kier molecular flexibility index (Phi) is 6.44. The van der Waals surface area contributed by atoms with Crippen molar-refractivity contribution in [1.82, 2.24) is 0 Å². The number of ether oxygens (including phenoxy) is 1. The Bertz CT molecular complexity index is 541. The van der Waals surface area contributed by atoms with Gasteiger partial charge in [0.15, 0.2) is 0 Å². The summed E-state index contributed by atoms with van der Waals surface area (Å²) in [6, 6.07) is 8.04. The number of hydrogen-bond acceptors (Lipinski definition) is 5. The van der Waals surface area contributed by atoms with E-state index in [4.69, 9.17) is 19.8 Å². The second kappa shape index (κ2) is 8.14. The van der Waals surface area contributed by atoms with Crippen LogP contribution in [0.25, 0.3) is 0 Å². The van der Waals surface area contributed by atoms with Crippen LogP contribution in [0.5, 0.6) is 0 Å². The Labute approximate surface area is 145 Å². The van der Waals surface area contributed by atoms with Crippen LogP contribution in [0.2, 0.25) is 0 Å². The topological polar surface area (TPSA) is 70.8 Å². The highest BCUT2D eigenvalue weighted by Crippen LogP contribution is 2.22. The monoisotopic (exact) mass is 333 g/mol. The molecule has 1 aromatic rings. The van der Waals surface area contributed by atoms with Crippen LogP contribution in [0.3, 0.4) is 0 Å². The van der Waals surface area contributed by atoms with Crippen molar-refractivity contribution in [1.29, 1.82) is 0 Å². The second-order valence-corrected chi connectivity index (χ2v) is 7.36. The number of carbonyl (C=O) groups excluding carboxylic acids is 1. The lowest BCUT2D eigenvalue weighted by Gasteiger charge is -2.34. The quantitative estimate of drug-likeness (QED) is 0.659. The van der Waals surface area contributed by atoms with E-state index < -0.39 is 12.7 Å². The van der Waals surface area contributed by atoms with Gasteiger partial charge in [-0.05, 0) is 52.5 Å². The number of hydrogen-bond donors (Lipinski definition) is 1. The van der Waals surface area contributed by atoms with E-state index in [1.807, 2.05) is 52.0 Å². The van der Waals surface area contributed by atoms with Gasteiger partial charge >= 0.3 is 13.1 Å². The van der Waals surface area contributed by atoms with E-state index in [0.717, 1.165) is 11.9 Å². The molecule has 0 bridgehead atoms. The fourth-order valence-corrected chi connectivity index (χ4v) is 2.74. The van der Waals surface area contributed by atoms with Gasteiger partial charge in [0.05, 0.1) is 12.5 Å². The Morgan fingerprint density at radius 3 is 2.46 bits per heavy atom. The first-order valence-corrected chi connectivity index (χ1v) is 8.56. The fraction of sp³-hybridized carbons (Fsp3) is 0.611. The molecule has 2 atom stereocenters. The molecule has 0 radical (unpaired) electrons. The van der Waals surface area contributed by atoms with Gasteiger partial charge in [-0.2, -0.15) is 0 Å². The average molecular weight is 333 g/mol. The molecular weight excluding hydrogens is 305 g/mol. The lowest BCUT2D eigenvalue weighted by atomic mass is 9.76. The van der Waals surface area contributed by atoms with Crippen molar-refractivity contribution in [2.45, 2.75) is 64.8 Å². The van der Waals surface area contributed by atoms with Crippen LogP contribution in [0, 0.1) is 6.92 Å². The van der Waals surface area contributed by atoms with E-state index in [1.54, 1.807) is 0 Å². The fourth-order valence-electron chi connectivity index (χ4n) is 2.74. The molecular formula is C18H28BNO4. The Morgan fingerprint density at radius 2 is 1.88 bits per heavy atom. The van der Waals surface area contributed by atoms with Crippen LogP contribution in [0.15, 0.2) is 24.3 Å². The summed E-state index contributed by atoms with van der Waals surface area (Å²) in [4.78, 5) is 12.1. The van der Waals surface area contributed by atoms with Crippen LogP contribution < -0.4 is 11.2 Å². The van der Waals surface area contributed by atoms with Gasteiger partial charge in [0.1, 0.15) is 5.60 Å². The van der Waals surface area contributed by atoms with E-state index in [2.05, 4.69) is 0 Å². The van der Waals surface area contributed by atoms with Crippen LogP contribution >= 0.6 is 0 Å². The first kappa shape index (κ1) is 19.0. The summed E-state index contributed by atoms with van der Waals surface area (Å²) in [6.07, 6.45) is 1.39. The van der Waals surface area contributed by atoms with E-state index in [-0.39, 0.29) is 24.6 Å². The maximum atomic E-state index is 12.1. The predicted molar refractivity (Wildman–Crippen MR) is 95.1 cm³/mol. The summed E-state index contributed by atoms with van der Waals surface area (Å²) in [5.74, 6) is -0.247. The molecule has 1 saturated heterocycles. The molecule has 2 N–H and O–H groups in total. The summed E-state index contributed by atoms with van der Waals surface area (Å²) in [5.41, 5.74) is 7.32. The zero-order valence-electron chi connectivity index (χ0n) is 15.1. The zero-order chi connectivity index (χ0) is 17.7. The van der Waals surface area contributed by atoms with Crippen LogP contribution in [-0.2, 0) is 18.8 Å². The van der Waals surface area contributed by atoms with Crippen molar-refractivity contribution in [3.63, 3.8) is 0 Å². The molecule has 6 heteroatoms. The van der Waals surface area contributed by atoms with Gasteiger partial charge in [0.2, 0.25) is 0 Å². The normalized spacial score (nSPS) is 21.6. The molecule has 1 aliphatic rings. The molecule has 2 unspecified atom stereocenters. The lowest BCUT2D eigenvalue weighted by Crippen LogP contribution is -2.49. The predicted octanol–water partition coefficient (Wildman–Crippen LogP) is 1.94. The highest BCUT2D eigenvalue weighted by Gasteiger charge is 2.36. The van der Waals surface area contributed by atoms with Crippen molar-refractivity contribution >= 4 is 18.6 Å². The summed E-state index contributed by atoms with van der Waals surface area (Å²) in [7, 11) is -0.469. The molecule has 1 heterocycles. The standard InChI is InChI=1S/C18H28BNO4/c1-13-5-7-14(8-6-13)19-23-15(9-10-20)11-16(24-19)12-17(21)22-18(2,3)4/h5-8,15-16H,9-12,20H2,1-4H3. The molecule has 0 saturated carbocycles. The van der Waals surface area contributed by atoms with Crippen LogP contribution in [0.4, 0.5) is 0 Å². The molecule has 0 spiro atoms. The third-order valence-corrected chi connectivity index (χ3v) is 3.81. The molecule has 1 fully saturated rings. The Balaban J connectivity index is 2.05. The van der Waals surface area contributed by atoms with Crippen molar-refractivity contribution in [3.8, 4) is 0 Å². The number of esters is 1. The Morgan fingerprint density at radius 1 is 1.25 bits per heavy atom. The van der Waals surface area contributed by atoms with Gasteiger partial charge in [-0.1, -0.05) is 29.8 Å². The number of benzene rings is 1. The minimum absolute atomic E-state index is 0.0116. The summed E-state index contributed by atoms with van der Waals surface area (Å²) in [5, 5.41) is 0. The minimum atomic E-state index is -0.491. The highest BCUT2D eigenvalue weighted by atomic mass is 16.6. The molecule has 132 valence electrons. The molecule has 1 aromatic carbocycles. The molecule has 24 heavy (non-hydrogen) atoms. The molecule has 5 nitrogen and oxygen atoms in total. The molecule has 0 amide bonds. The third-order valence-electron chi connectivity index (χ3n) is 3.81. The highest BCUT2D eigenvalue weighted by molar-refractivity contribution is 6.61. The first-order valence-electron chi connectivity index (χ1n) is 8.56. The van der Waals surface area contributed by atoms with E-state index in [1.165, 1.54) is 5.56 Å². The van der Waals surface area contributed by atoms with Crippen LogP contribution in [-0.4, -0.2) is 37.4 Å². The van der Waals surface area contributed by atoms with E-state index in [0.29, 0.717) is 13.0 Å². The van der Waals surface area contributed by atoms with E-state index in [9.17, 15) is 4.79 Å². The lowest BCUT2D eigenvalue weighted by molar-refractivity contribution is -0.157. The average Bonchev–Trinajstić information content (AvgIpc) is 2.46. The van der Waals surface area contributed by atoms with Crippen molar-refractivity contribution < 1.29 is 18.8 Å². The van der Waals surface area contributed by atoms with Gasteiger partial charge in [-0.3, -0.25) is 4.79 Å². The van der Waals surface area contributed by atoms with Gasteiger partial charge in [0.25, 0.3) is 0 Å². The van der Waals surface area contributed by atoms with Gasteiger partial charge in [-0.25, -0.2) is 0 Å². The second-order valence-electron chi connectivity index (χ2n) is 7.36. The molecule has 2 rings (SSSR count). The number of carbonyl (C=O) groups is 1. The molecule has 1 aliphatic heterocycles. The largest absolute Gasteiger partial charge is 0.494 e. The third kappa shape index (κ3) is 5.93. The maximum absolute atomic E-state index is 12.1. The summed E-state index contributed by atoms with van der Waals surface area (Å²) < 4.78 is 17.4. The molecule has 0 aromatic heterocycles. The minimum Gasteiger partial charge on any atom is -0.460 e. The van der Waals surface area contributed by atoms with Crippen molar-refractivity contribution in [3.05, 3.63) is 29.8 Å².